The van der Waals surface area contributed by atoms with Gasteiger partial charge < -0.3 is 15.4 Å². The van der Waals surface area contributed by atoms with Crippen molar-refractivity contribution in [1.82, 2.24) is 5.32 Å². The first kappa shape index (κ1) is 18.1. The van der Waals surface area contributed by atoms with Gasteiger partial charge in [-0.25, -0.2) is 0 Å². The summed E-state index contributed by atoms with van der Waals surface area (Å²) in [5.74, 6) is -0.680. The fourth-order valence-electron chi connectivity index (χ4n) is 1.80. The Hall–Kier alpha value is -1.95. The minimum absolute atomic E-state index is 0.0528. The van der Waals surface area contributed by atoms with Gasteiger partial charge in [0.05, 0.1) is 13.0 Å². The van der Waals surface area contributed by atoms with Crippen LogP contribution in [0.5, 0.6) is 0 Å². The van der Waals surface area contributed by atoms with E-state index in [1.54, 1.807) is 0 Å². The van der Waals surface area contributed by atoms with Crippen molar-refractivity contribution in [3.8, 4) is 0 Å². The number of anilines is 1. The van der Waals surface area contributed by atoms with Crippen LogP contribution in [0.3, 0.4) is 0 Å². The van der Waals surface area contributed by atoms with Crippen LogP contribution < -0.4 is 10.6 Å². The Morgan fingerprint density at radius 1 is 1.23 bits per heavy atom. The van der Waals surface area contributed by atoms with E-state index in [0.717, 1.165) is 23.2 Å². The van der Waals surface area contributed by atoms with E-state index in [-0.39, 0.29) is 29.8 Å². The molecule has 1 amide bonds. The topological polar surface area (TPSA) is 67.4 Å². The largest absolute Gasteiger partial charge is 0.466 e. The van der Waals surface area contributed by atoms with Gasteiger partial charge in [-0.05, 0) is 44.1 Å². The number of nitrogens with one attached hydrogen (secondary N) is 2. The van der Waals surface area contributed by atoms with Crippen LogP contribution in [0.2, 0.25) is 0 Å². The Kier molecular flexibility index (Phi) is 7.52. The summed E-state index contributed by atoms with van der Waals surface area (Å²) in [4.78, 5) is 23.0. The standard InChI is InChI=1S/C16H22N2O3S/c1-4-9-21-15(20)8-7-14(19)18-16(22)17-13-6-5-11(2)10-12(13)3/h5-6,10H,4,7-9H2,1-3H3,(H2,17,18,19,22). The Morgan fingerprint density at radius 3 is 2.59 bits per heavy atom. The van der Waals surface area contributed by atoms with Crippen LogP contribution >= 0.6 is 12.2 Å². The number of aryl methyl sites for hydroxylation is 2. The molecular formula is C16H22N2O3S. The Bertz CT molecular complexity index is 558. The van der Waals surface area contributed by atoms with Crippen molar-refractivity contribution in [2.75, 3.05) is 11.9 Å². The van der Waals surface area contributed by atoms with Gasteiger partial charge in [-0.15, -0.1) is 0 Å². The molecule has 0 fully saturated rings. The van der Waals surface area contributed by atoms with E-state index < -0.39 is 0 Å². The van der Waals surface area contributed by atoms with Crippen molar-refractivity contribution in [1.29, 1.82) is 0 Å². The third kappa shape index (κ3) is 6.67. The minimum atomic E-state index is -0.370. The number of hydrogen-bond acceptors (Lipinski definition) is 4. The maximum absolute atomic E-state index is 11.7. The molecule has 0 radical (unpaired) electrons. The van der Waals surface area contributed by atoms with E-state index in [1.807, 2.05) is 39.0 Å². The second-order valence-electron chi connectivity index (χ2n) is 5.04. The molecule has 120 valence electrons. The molecule has 0 saturated heterocycles. The summed E-state index contributed by atoms with van der Waals surface area (Å²) in [6, 6.07) is 5.89. The number of hydrogen-bond donors (Lipinski definition) is 2. The van der Waals surface area contributed by atoms with Gasteiger partial charge in [0.25, 0.3) is 0 Å². The fraction of sp³-hybridized carbons (Fsp3) is 0.438. The molecule has 0 heterocycles. The molecule has 22 heavy (non-hydrogen) atoms. The van der Waals surface area contributed by atoms with Crippen LogP contribution in [0.4, 0.5) is 5.69 Å². The zero-order chi connectivity index (χ0) is 16.5. The van der Waals surface area contributed by atoms with Crippen molar-refractivity contribution in [3.05, 3.63) is 29.3 Å². The average molecular weight is 322 g/mol. The molecule has 0 aliphatic heterocycles. The number of rotatable bonds is 6. The van der Waals surface area contributed by atoms with E-state index >= 15 is 0 Å². The first-order chi connectivity index (χ1) is 10.4. The number of thiocarbonyl (C=S) groups is 1. The fourth-order valence-corrected chi connectivity index (χ4v) is 2.02. The minimum Gasteiger partial charge on any atom is -0.466 e. The SMILES string of the molecule is CCCOC(=O)CCC(=O)NC(=S)Nc1ccc(C)cc1C. The molecule has 0 atom stereocenters. The zero-order valence-corrected chi connectivity index (χ0v) is 14.0. The molecule has 1 aromatic carbocycles. The van der Waals surface area contributed by atoms with Crippen molar-refractivity contribution in [3.63, 3.8) is 0 Å². The summed E-state index contributed by atoms with van der Waals surface area (Å²) in [5.41, 5.74) is 3.04. The van der Waals surface area contributed by atoms with Gasteiger partial charge in [0, 0.05) is 12.1 Å². The predicted molar refractivity (Wildman–Crippen MR) is 90.8 cm³/mol. The van der Waals surface area contributed by atoms with Crippen LogP contribution in [-0.2, 0) is 14.3 Å². The lowest BCUT2D eigenvalue weighted by Crippen LogP contribution is -2.34. The van der Waals surface area contributed by atoms with Crippen molar-refractivity contribution in [2.24, 2.45) is 0 Å². The molecule has 0 aliphatic rings. The number of carbonyl (C=O) groups excluding carboxylic acids is 2. The molecule has 0 saturated carbocycles. The van der Waals surface area contributed by atoms with Gasteiger partial charge in [-0.2, -0.15) is 0 Å². The third-order valence-corrected chi connectivity index (χ3v) is 3.11. The summed E-state index contributed by atoms with van der Waals surface area (Å²) < 4.78 is 4.90. The quantitative estimate of drug-likeness (QED) is 0.623. The maximum Gasteiger partial charge on any atom is 0.306 e. The van der Waals surface area contributed by atoms with Gasteiger partial charge in [-0.1, -0.05) is 24.6 Å². The van der Waals surface area contributed by atoms with Crippen molar-refractivity contribution >= 4 is 34.9 Å². The van der Waals surface area contributed by atoms with Crippen LogP contribution in [-0.4, -0.2) is 23.6 Å². The Balaban J connectivity index is 2.38. The van der Waals surface area contributed by atoms with E-state index in [2.05, 4.69) is 10.6 Å². The highest BCUT2D eigenvalue weighted by molar-refractivity contribution is 7.80. The molecule has 0 aliphatic carbocycles. The molecule has 1 aromatic rings. The maximum atomic E-state index is 11.7. The van der Waals surface area contributed by atoms with E-state index in [9.17, 15) is 9.59 Å². The second-order valence-corrected chi connectivity index (χ2v) is 5.45. The van der Waals surface area contributed by atoms with Crippen LogP contribution in [0.15, 0.2) is 18.2 Å². The third-order valence-electron chi connectivity index (χ3n) is 2.91. The summed E-state index contributed by atoms with van der Waals surface area (Å²) in [6.45, 7) is 6.27. The predicted octanol–water partition coefficient (Wildman–Crippen LogP) is 2.85. The Morgan fingerprint density at radius 2 is 1.95 bits per heavy atom. The zero-order valence-electron chi connectivity index (χ0n) is 13.2. The summed E-state index contributed by atoms with van der Waals surface area (Å²) in [6.07, 6.45) is 0.872. The summed E-state index contributed by atoms with van der Waals surface area (Å²) >= 11 is 5.10. The molecule has 0 spiro atoms. The van der Waals surface area contributed by atoms with Crippen molar-refractivity contribution < 1.29 is 14.3 Å². The molecule has 0 unspecified atom stereocenters. The van der Waals surface area contributed by atoms with Gasteiger partial charge >= 0.3 is 5.97 Å². The number of benzene rings is 1. The number of amides is 1. The number of carbonyl (C=O) groups is 2. The van der Waals surface area contributed by atoms with Gasteiger partial charge in [-0.3, -0.25) is 9.59 Å². The van der Waals surface area contributed by atoms with E-state index in [4.69, 9.17) is 17.0 Å². The van der Waals surface area contributed by atoms with Gasteiger partial charge in [0.2, 0.25) is 5.91 Å². The van der Waals surface area contributed by atoms with Crippen LogP contribution in [0.1, 0.15) is 37.3 Å². The first-order valence-corrected chi connectivity index (χ1v) is 7.67. The average Bonchev–Trinajstić information content (AvgIpc) is 2.46. The van der Waals surface area contributed by atoms with E-state index in [1.165, 1.54) is 0 Å². The van der Waals surface area contributed by atoms with Gasteiger partial charge in [0.1, 0.15) is 0 Å². The highest BCUT2D eigenvalue weighted by atomic mass is 32.1. The first-order valence-electron chi connectivity index (χ1n) is 7.26. The second kappa shape index (κ2) is 9.15. The molecule has 0 bridgehead atoms. The van der Waals surface area contributed by atoms with Crippen LogP contribution in [0.25, 0.3) is 0 Å². The molecule has 5 nitrogen and oxygen atoms in total. The number of ether oxygens (including phenoxy) is 1. The summed E-state index contributed by atoms with van der Waals surface area (Å²) in [5, 5.41) is 5.75. The smallest absolute Gasteiger partial charge is 0.306 e. The highest BCUT2D eigenvalue weighted by Crippen LogP contribution is 2.15. The highest BCUT2D eigenvalue weighted by Gasteiger charge is 2.10. The molecule has 0 aromatic heterocycles. The normalized spacial score (nSPS) is 9.95. The lowest BCUT2D eigenvalue weighted by molar-refractivity contribution is -0.144. The molecule has 1 rings (SSSR count). The summed E-state index contributed by atoms with van der Waals surface area (Å²) in [7, 11) is 0. The number of esters is 1. The lowest BCUT2D eigenvalue weighted by atomic mass is 10.1. The molecular weight excluding hydrogens is 300 g/mol. The van der Waals surface area contributed by atoms with E-state index in [0.29, 0.717) is 6.61 Å². The lowest BCUT2D eigenvalue weighted by Gasteiger charge is -2.12. The molecule has 2 N–H and O–H groups in total. The van der Waals surface area contributed by atoms with Crippen molar-refractivity contribution in [2.45, 2.75) is 40.0 Å². The Labute approximate surface area is 136 Å². The van der Waals surface area contributed by atoms with Gasteiger partial charge in [0.15, 0.2) is 5.11 Å². The monoisotopic (exact) mass is 322 g/mol. The molecule has 6 heteroatoms. The van der Waals surface area contributed by atoms with Crippen LogP contribution in [0, 0.1) is 13.8 Å².